The summed E-state index contributed by atoms with van der Waals surface area (Å²) < 4.78 is 0. The molecule has 2 N–H and O–H groups in total. The van der Waals surface area contributed by atoms with Crippen molar-refractivity contribution in [2.24, 2.45) is 5.41 Å². The van der Waals surface area contributed by atoms with E-state index in [9.17, 15) is 9.59 Å². The summed E-state index contributed by atoms with van der Waals surface area (Å²) in [5.74, 6) is -1.56. The third kappa shape index (κ3) is 16.6. The zero-order chi connectivity index (χ0) is 18.9. The quantitative estimate of drug-likeness (QED) is 0.307. The van der Waals surface area contributed by atoms with Crippen LogP contribution in [0.5, 0.6) is 0 Å². The molecule has 4 heteroatoms. The number of hydrogen-bond acceptors (Lipinski definition) is 2. The van der Waals surface area contributed by atoms with Gasteiger partial charge in [-0.15, -0.1) is 13.2 Å². The first kappa shape index (κ1) is 26.3. The topological polar surface area (TPSA) is 74.6 Å². The Kier molecular flexibility index (Phi) is 19.2. The zero-order valence-corrected chi connectivity index (χ0v) is 15.5. The van der Waals surface area contributed by atoms with Gasteiger partial charge in [-0.2, -0.15) is 0 Å². The maximum Gasteiger partial charge on any atom is 0.330 e. The van der Waals surface area contributed by atoms with Crippen LogP contribution in [0.1, 0.15) is 79.1 Å². The summed E-state index contributed by atoms with van der Waals surface area (Å²) in [6, 6.07) is 0. The number of unbranched alkanes of at least 4 members (excludes halogenated alkanes) is 4. The van der Waals surface area contributed by atoms with E-state index < -0.39 is 17.4 Å². The van der Waals surface area contributed by atoms with Gasteiger partial charge in [-0.05, 0) is 26.7 Å². The third-order valence-electron chi connectivity index (χ3n) is 3.52. The molecule has 0 aliphatic carbocycles. The van der Waals surface area contributed by atoms with Gasteiger partial charge in [0, 0.05) is 5.57 Å². The van der Waals surface area contributed by atoms with Crippen LogP contribution in [0, 0.1) is 5.41 Å². The van der Waals surface area contributed by atoms with E-state index in [4.69, 9.17) is 10.2 Å². The number of aliphatic carboxylic acids is 2. The molecule has 23 heavy (non-hydrogen) atoms. The minimum atomic E-state index is -0.935. The van der Waals surface area contributed by atoms with Crippen molar-refractivity contribution in [2.75, 3.05) is 0 Å². The van der Waals surface area contributed by atoms with Crippen LogP contribution in [-0.2, 0) is 9.59 Å². The predicted octanol–water partition coefficient (Wildman–Crippen LogP) is 5.69. The van der Waals surface area contributed by atoms with E-state index in [0.29, 0.717) is 0 Å². The summed E-state index contributed by atoms with van der Waals surface area (Å²) in [5.41, 5.74) is -0.309. The summed E-state index contributed by atoms with van der Waals surface area (Å²) >= 11 is 0. The first-order valence-electron chi connectivity index (χ1n) is 8.33. The Labute approximate surface area is 142 Å². The van der Waals surface area contributed by atoms with Crippen LogP contribution >= 0.6 is 0 Å². The average molecular weight is 328 g/mol. The molecule has 0 saturated carbocycles. The fraction of sp³-hybridized carbons (Fsp3) is 0.684. The van der Waals surface area contributed by atoms with Crippen molar-refractivity contribution in [3.63, 3.8) is 0 Å². The molecule has 0 amide bonds. The molecule has 0 aliphatic rings. The van der Waals surface area contributed by atoms with Crippen molar-refractivity contribution >= 4 is 11.9 Å². The standard InChI is InChI=1S/C13H26O2.C4H6O2.C2H4/c1-4-6-7-8-9-11-13(3,10-5-2)12(14)15;1-3(2)4(5)6;1-2/h4-11H2,1-3H3,(H,14,15);1H2,2H3,(H,5,6);1-2H2. The molecule has 0 rings (SSSR count). The molecule has 0 heterocycles. The van der Waals surface area contributed by atoms with Crippen LogP contribution in [0.2, 0.25) is 0 Å². The van der Waals surface area contributed by atoms with Crippen LogP contribution in [-0.4, -0.2) is 22.2 Å². The second-order valence-electron chi connectivity index (χ2n) is 5.87. The molecule has 0 aliphatic heterocycles. The van der Waals surface area contributed by atoms with Gasteiger partial charge >= 0.3 is 11.9 Å². The maximum absolute atomic E-state index is 11.1. The number of carboxylic acids is 2. The van der Waals surface area contributed by atoms with Crippen molar-refractivity contribution in [1.82, 2.24) is 0 Å². The van der Waals surface area contributed by atoms with Gasteiger partial charge in [-0.3, -0.25) is 4.79 Å². The summed E-state index contributed by atoms with van der Waals surface area (Å²) in [7, 11) is 0. The molecular weight excluding hydrogens is 292 g/mol. The Morgan fingerprint density at radius 2 is 1.35 bits per heavy atom. The van der Waals surface area contributed by atoms with Gasteiger partial charge < -0.3 is 10.2 Å². The highest BCUT2D eigenvalue weighted by molar-refractivity contribution is 5.84. The van der Waals surface area contributed by atoms with Crippen LogP contribution < -0.4 is 0 Å². The Morgan fingerprint density at radius 1 is 0.913 bits per heavy atom. The van der Waals surface area contributed by atoms with Crippen LogP contribution in [0.15, 0.2) is 25.3 Å². The highest BCUT2D eigenvalue weighted by Crippen LogP contribution is 2.30. The number of rotatable bonds is 10. The highest BCUT2D eigenvalue weighted by atomic mass is 16.4. The third-order valence-corrected chi connectivity index (χ3v) is 3.52. The van der Waals surface area contributed by atoms with E-state index in [1.807, 2.05) is 6.92 Å². The lowest BCUT2D eigenvalue weighted by Gasteiger charge is -2.24. The largest absolute Gasteiger partial charge is 0.481 e. The van der Waals surface area contributed by atoms with E-state index >= 15 is 0 Å². The van der Waals surface area contributed by atoms with Crippen molar-refractivity contribution in [2.45, 2.75) is 79.1 Å². The van der Waals surface area contributed by atoms with Gasteiger partial charge in [0.2, 0.25) is 0 Å². The minimum absolute atomic E-state index is 0.176. The summed E-state index contributed by atoms with van der Waals surface area (Å²) in [6.07, 6.45) is 8.60. The molecule has 0 bridgehead atoms. The highest BCUT2D eigenvalue weighted by Gasteiger charge is 2.30. The van der Waals surface area contributed by atoms with Gasteiger partial charge in [-0.1, -0.05) is 59.0 Å². The molecule has 0 aromatic carbocycles. The zero-order valence-electron chi connectivity index (χ0n) is 15.5. The molecule has 1 unspecified atom stereocenters. The maximum atomic E-state index is 11.1. The Balaban J connectivity index is -0.000000418. The lowest BCUT2D eigenvalue weighted by Crippen LogP contribution is -2.27. The van der Waals surface area contributed by atoms with Crippen molar-refractivity contribution in [3.8, 4) is 0 Å². The van der Waals surface area contributed by atoms with Crippen LogP contribution in [0.3, 0.4) is 0 Å². The second kappa shape index (κ2) is 16.8. The first-order chi connectivity index (χ1) is 10.7. The van der Waals surface area contributed by atoms with Gasteiger partial charge in [0.25, 0.3) is 0 Å². The van der Waals surface area contributed by atoms with Gasteiger partial charge in [0.05, 0.1) is 5.41 Å². The molecule has 0 spiro atoms. The smallest absolute Gasteiger partial charge is 0.330 e. The molecule has 0 saturated heterocycles. The molecule has 4 nitrogen and oxygen atoms in total. The average Bonchev–Trinajstić information content (AvgIpc) is 2.49. The van der Waals surface area contributed by atoms with Crippen LogP contribution in [0.4, 0.5) is 0 Å². The molecule has 1 atom stereocenters. The normalized spacial score (nSPS) is 11.8. The predicted molar refractivity (Wildman–Crippen MR) is 97.7 cm³/mol. The van der Waals surface area contributed by atoms with Crippen LogP contribution in [0.25, 0.3) is 0 Å². The lowest BCUT2D eigenvalue weighted by molar-refractivity contribution is -0.149. The summed E-state index contributed by atoms with van der Waals surface area (Å²) in [5, 5.41) is 17.1. The monoisotopic (exact) mass is 328 g/mol. The lowest BCUT2D eigenvalue weighted by atomic mass is 9.80. The SMILES string of the molecule is C=C.C=C(C)C(=O)O.CCCCCCCC(C)(CCC)C(=O)O. The van der Waals surface area contributed by atoms with Crippen molar-refractivity contribution < 1.29 is 19.8 Å². The van der Waals surface area contributed by atoms with Crippen molar-refractivity contribution in [1.29, 1.82) is 0 Å². The summed E-state index contributed by atoms with van der Waals surface area (Å²) in [6.45, 7) is 16.7. The molecular formula is C19H36O4. The first-order valence-corrected chi connectivity index (χ1v) is 8.33. The van der Waals surface area contributed by atoms with Crippen molar-refractivity contribution in [3.05, 3.63) is 25.3 Å². The number of hydrogen-bond donors (Lipinski definition) is 2. The minimum Gasteiger partial charge on any atom is -0.481 e. The Morgan fingerprint density at radius 3 is 1.65 bits per heavy atom. The Bertz CT molecular complexity index is 324. The molecule has 0 aromatic rings. The van der Waals surface area contributed by atoms with E-state index in [0.717, 1.165) is 25.7 Å². The Hall–Kier alpha value is -1.58. The van der Waals surface area contributed by atoms with Gasteiger partial charge in [0.15, 0.2) is 0 Å². The van der Waals surface area contributed by atoms with E-state index in [2.05, 4.69) is 33.6 Å². The van der Waals surface area contributed by atoms with Gasteiger partial charge in [0.1, 0.15) is 0 Å². The summed E-state index contributed by atoms with van der Waals surface area (Å²) in [4.78, 5) is 20.7. The molecule has 0 radical (unpaired) electrons. The molecule has 0 aromatic heterocycles. The fourth-order valence-electron chi connectivity index (χ4n) is 2.01. The van der Waals surface area contributed by atoms with E-state index in [1.165, 1.54) is 32.6 Å². The van der Waals surface area contributed by atoms with E-state index in [-0.39, 0.29) is 5.57 Å². The molecule has 136 valence electrons. The number of carboxylic acid groups (broad SMARTS) is 2. The second-order valence-corrected chi connectivity index (χ2v) is 5.87. The fourth-order valence-corrected chi connectivity index (χ4v) is 2.01. The molecule has 0 fully saturated rings. The van der Waals surface area contributed by atoms with E-state index in [1.54, 1.807) is 0 Å². The number of carbonyl (C=O) groups is 2. The van der Waals surface area contributed by atoms with Gasteiger partial charge in [-0.25, -0.2) is 4.79 Å².